The van der Waals surface area contributed by atoms with Crippen molar-refractivity contribution in [3.05, 3.63) is 70.2 Å². The second kappa shape index (κ2) is 6.95. The predicted molar refractivity (Wildman–Crippen MR) is 77.3 cm³/mol. The van der Waals surface area contributed by atoms with Crippen LogP contribution in [0.4, 0.5) is 8.78 Å². The fourth-order valence-electron chi connectivity index (χ4n) is 1.63. The zero-order valence-corrected chi connectivity index (χ0v) is 11.6. The lowest BCUT2D eigenvalue weighted by molar-refractivity contribution is -0.120. The maximum Gasteiger partial charge on any atom is 0.244 e. The second-order valence-electron chi connectivity index (χ2n) is 4.23. The Morgan fingerprint density at radius 3 is 2.57 bits per heavy atom. The van der Waals surface area contributed by atoms with E-state index in [9.17, 15) is 13.6 Å². The van der Waals surface area contributed by atoms with E-state index < -0.39 is 11.7 Å². The molecule has 0 saturated carbocycles. The summed E-state index contributed by atoms with van der Waals surface area (Å²) >= 11 is 5.81. The molecule has 0 heterocycles. The summed E-state index contributed by atoms with van der Waals surface area (Å²) in [5.74, 6) is -1.30. The van der Waals surface area contributed by atoms with Crippen molar-refractivity contribution < 1.29 is 13.6 Å². The van der Waals surface area contributed by atoms with E-state index in [1.807, 2.05) is 0 Å². The molecule has 1 amide bonds. The minimum absolute atomic E-state index is 0.0443. The third kappa shape index (κ3) is 4.36. The van der Waals surface area contributed by atoms with Crippen LogP contribution >= 0.6 is 11.6 Å². The van der Waals surface area contributed by atoms with E-state index in [1.165, 1.54) is 42.5 Å². The van der Waals surface area contributed by atoms with E-state index in [0.29, 0.717) is 5.56 Å². The Bertz CT molecular complexity index is 652. The third-order valence-electron chi connectivity index (χ3n) is 2.66. The summed E-state index contributed by atoms with van der Waals surface area (Å²) in [6, 6.07) is 9.79. The molecule has 3 nitrogen and oxygen atoms in total. The molecular weight excluding hydrogens is 298 g/mol. The zero-order chi connectivity index (χ0) is 15.2. The van der Waals surface area contributed by atoms with Crippen LogP contribution in [0.15, 0.2) is 47.6 Å². The van der Waals surface area contributed by atoms with Crippen molar-refractivity contribution >= 4 is 23.7 Å². The highest BCUT2D eigenvalue weighted by Gasteiger charge is 2.05. The largest absolute Gasteiger partial charge is 0.273 e. The Kier molecular flexibility index (Phi) is 5.00. The molecule has 2 rings (SSSR count). The molecule has 0 atom stereocenters. The molecule has 1 N–H and O–H groups in total. The molecule has 108 valence electrons. The molecule has 0 bridgehead atoms. The molecule has 0 saturated heterocycles. The molecule has 0 aromatic heterocycles. The summed E-state index contributed by atoms with van der Waals surface area (Å²) in [5, 5.41) is 3.85. The van der Waals surface area contributed by atoms with E-state index >= 15 is 0 Å². The van der Waals surface area contributed by atoms with Crippen LogP contribution in [-0.2, 0) is 11.2 Å². The molecule has 0 unspecified atom stereocenters. The second-order valence-corrected chi connectivity index (χ2v) is 4.64. The van der Waals surface area contributed by atoms with Gasteiger partial charge in [0.05, 0.1) is 17.7 Å². The number of nitrogens with zero attached hydrogens (tertiary/aromatic N) is 1. The van der Waals surface area contributed by atoms with Crippen LogP contribution < -0.4 is 5.43 Å². The molecule has 2 aromatic carbocycles. The first-order valence-electron chi connectivity index (χ1n) is 6.06. The lowest BCUT2D eigenvalue weighted by Crippen LogP contribution is -2.19. The topological polar surface area (TPSA) is 41.5 Å². The first-order valence-corrected chi connectivity index (χ1v) is 6.44. The van der Waals surface area contributed by atoms with Gasteiger partial charge >= 0.3 is 0 Å². The molecule has 0 aliphatic heterocycles. The monoisotopic (exact) mass is 308 g/mol. The molecule has 0 aliphatic rings. The summed E-state index contributed by atoms with van der Waals surface area (Å²) in [6.07, 6.45) is 1.18. The Balaban J connectivity index is 1.95. The highest BCUT2D eigenvalue weighted by Crippen LogP contribution is 2.16. The average molecular weight is 309 g/mol. The lowest BCUT2D eigenvalue weighted by Gasteiger charge is -2.01. The van der Waals surface area contributed by atoms with Gasteiger partial charge in [-0.3, -0.25) is 4.79 Å². The van der Waals surface area contributed by atoms with Gasteiger partial charge in [0.2, 0.25) is 5.91 Å². The van der Waals surface area contributed by atoms with Crippen LogP contribution in [-0.4, -0.2) is 12.1 Å². The zero-order valence-electron chi connectivity index (χ0n) is 10.8. The van der Waals surface area contributed by atoms with Gasteiger partial charge in [0.15, 0.2) is 0 Å². The van der Waals surface area contributed by atoms with Crippen molar-refractivity contribution in [2.24, 2.45) is 5.10 Å². The van der Waals surface area contributed by atoms with E-state index in [2.05, 4.69) is 10.5 Å². The molecule has 0 spiro atoms. The number of hydrazone groups is 1. The van der Waals surface area contributed by atoms with Crippen LogP contribution in [0.2, 0.25) is 5.02 Å². The van der Waals surface area contributed by atoms with Gasteiger partial charge in [-0.2, -0.15) is 5.10 Å². The highest BCUT2D eigenvalue weighted by molar-refractivity contribution is 6.33. The van der Waals surface area contributed by atoms with Crippen molar-refractivity contribution in [2.45, 2.75) is 6.42 Å². The smallest absolute Gasteiger partial charge is 0.244 e. The minimum Gasteiger partial charge on any atom is -0.273 e. The summed E-state index contributed by atoms with van der Waals surface area (Å²) in [6.45, 7) is 0. The highest BCUT2D eigenvalue weighted by atomic mass is 35.5. The van der Waals surface area contributed by atoms with Gasteiger partial charge in [0.25, 0.3) is 0 Å². The fraction of sp³-hybridized carbons (Fsp3) is 0.0667. The van der Waals surface area contributed by atoms with E-state index in [4.69, 9.17) is 11.6 Å². The molecule has 0 radical (unpaired) electrons. The summed E-state index contributed by atoms with van der Waals surface area (Å²) in [4.78, 5) is 11.6. The Morgan fingerprint density at radius 1 is 1.19 bits per heavy atom. The third-order valence-corrected chi connectivity index (χ3v) is 2.99. The van der Waals surface area contributed by atoms with Gasteiger partial charge in [0.1, 0.15) is 11.6 Å². The van der Waals surface area contributed by atoms with Crippen LogP contribution in [0.5, 0.6) is 0 Å². The summed E-state index contributed by atoms with van der Waals surface area (Å²) < 4.78 is 26.2. The van der Waals surface area contributed by atoms with Crippen molar-refractivity contribution in [2.75, 3.05) is 0 Å². The van der Waals surface area contributed by atoms with E-state index in [0.717, 1.165) is 6.21 Å². The number of halogens is 3. The number of carbonyl (C=O) groups excluding carboxylic acids is 1. The van der Waals surface area contributed by atoms with Gasteiger partial charge in [-0.1, -0.05) is 29.8 Å². The number of nitrogens with one attached hydrogen (secondary N) is 1. The van der Waals surface area contributed by atoms with Crippen LogP contribution in [0.25, 0.3) is 0 Å². The summed E-state index contributed by atoms with van der Waals surface area (Å²) in [5.41, 5.74) is 3.00. The number of rotatable bonds is 4. The number of hydrogen-bond acceptors (Lipinski definition) is 2. The van der Waals surface area contributed by atoms with Crippen molar-refractivity contribution in [1.82, 2.24) is 5.43 Å². The van der Waals surface area contributed by atoms with Crippen molar-refractivity contribution in [3.8, 4) is 0 Å². The van der Waals surface area contributed by atoms with Crippen molar-refractivity contribution in [3.63, 3.8) is 0 Å². The first-order chi connectivity index (χ1) is 10.1. The summed E-state index contributed by atoms with van der Waals surface area (Å²) in [7, 11) is 0. The Labute approximate surface area is 125 Å². The minimum atomic E-state index is -0.529. The normalized spacial score (nSPS) is 10.8. The molecule has 0 fully saturated rings. The van der Waals surface area contributed by atoms with Crippen LogP contribution in [0, 0.1) is 11.6 Å². The van der Waals surface area contributed by atoms with E-state index in [1.54, 1.807) is 0 Å². The number of hydrogen-bond donors (Lipinski definition) is 1. The molecule has 0 aliphatic carbocycles. The maximum absolute atomic E-state index is 13.4. The van der Waals surface area contributed by atoms with Gasteiger partial charge in [-0.05, 0) is 29.8 Å². The standard InChI is InChI=1S/C15H11ClF2N2O/c16-13-2-1-3-14(18)12(13)9-19-20-15(21)8-10-4-6-11(17)7-5-10/h1-7,9H,8H2,(H,20,21)/b19-9+. The van der Waals surface area contributed by atoms with Crippen molar-refractivity contribution in [1.29, 1.82) is 0 Å². The first kappa shape index (κ1) is 15.1. The SMILES string of the molecule is O=C(Cc1ccc(F)cc1)N/N=C/c1c(F)cccc1Cl. The molecular formula is C15H11ClF2N2O. The van der Waals surface area contributed by atoms with Crippen LogP contribution in [0.1, 0.15) is 11.1 Å². The number of benzene rings is 2. The van der Waals surface area contributed by atoms with Crippen LogP contribution in [0.3, 0.4) is 0 Å². The number of amides is 1. The fourth-order valence-corrected chi connectivity index (χ4v) is 1.84. The number of carbonyl (C=O) groups is 1. The predicted octanol–water partition coefficient (Wildman–Crippen LogP) is 3.31. The Hall–Kier alpha value is -2.27. The quantitative estimate of drug-likeness (QED) is 0.683. The molecule has 21 heavy (non-hydrogen) atoms. The van der Waals surface area contributed by atoms with Gasteiger partial charge in [0, 0.05) is 5.56 Å². The molecule has 2 aromatic rings. The van der Waals surface area contributed by atoms with Gasteiger partial charge < -0.3 is 0 Å². The Morgan fingerprint density at radius 2 is 1.90 bits per heavy atom. The van der Waals surface area contributed by atoms with E-state index in [-0.39, 0.29) is 22.8 Å². The molecule has 6 heteroatoms. The van der Waals surface area contributed by atoms with Gasteiger partial charge in [-0.15, -0.1) is 0 Å². The lowest BCUT2D eigenvalue weighted by atomic mass is 10.1. The van der Waals surface area contributed by atoms with Gasteiger partial charge in [-0.25, -0.2) is 14.2 Å². The maximum atomic E-state index is 13.4. The average Bonchev–Trinajstić information content (AvgIpc) is 2.45.